The van der Waals surface area contributed by atoms with Gasteiger partial charge < -0.3 is 9.84 Å². The highest BCUT2D eigenvalue weighted by atomic mass is 35.5. The molecule has 1 aliphatic heterocycles. The Morgan fingerprint density at radius 2 is 1.84 bits per heavy atom. The average molecular weight is 435 g/mol. The number of aliphatic hydroxyl groups is 1. The summed E-state index contributed by atoms with van der Waals surface area (Å²) in [6, 6.07) is 14.5. The number of ketones is 1. The Kier molecular flexibility index (Phi) is 5.48. The number of methoxy groups -OCH3 is 1. The maximum Gasteiger partial charge on any atom is 0.300 e. The lowest BCUT2D eigenvalue weighted by Gasteiger charge is -2.25. The van der Waals surface area contributed by atoms with Gasteiger partial charge in [0.1, 0.15) is 11.5 Å². The normalized spacial score (nSPS) is 17.8. The Morgan fingerprint density at radius 1 is 1.10 bits per heavy atom. The van der Waals surface area contributed by atoms with Gasteiger partial charge in [0.05, 0.1) is 24.3 Å². The van der Waals surface area contributed by atoms with Crippen LogP contribution in [0, 0.1) is 6.92 Å². The molecule has 1 amide bonds. The first kappa shape index (κ1) is 20.6. The Hall–Kier alpha value is -3.64. The maximum absolute atomic E-state index is 13.2. The fourth-order valence-electron chi connectivity index (χ4n) is 3.74. The van der Waals surface area contributed by atoms with Crippen molar-refractivity contribution in [2.45, 2.75) is 13.0 Å². The van der Waals surface area contributed by atoms with Gasteiger partial charge in [-0.2, -0.15) is 0 Å². The summed E-state index contributed by atoms with van der Waals surface area (Å²) in [7, 11) is 1.48. The molecule has 1 atom stereocenters. The number of hydrogen-bond acceptors (Lipinski definition) is 5. The molecule has 0 saturated carbocycles. The van der Waals surface area contributed by atoms with Crippen molar-refractivity contribution in [3.05, 3.63) is 94.3 Å². The summed E-state index contributed by atoms with van der Waals surface area (Å²) in [4.78, 5) is 31.6. The number of benzene rings is 2. The monoisotopic (exact) mass is 434 g/mol. The lowest BCUT2D eigenvalue weighted by Crippen LogP contribution is -2.29. The summed E-state index contributed by atoms with van der Waals surface area (Å²) in [6.07, 6.45) is 3.14. The van der Waals surface area contributed by atoms with E-state index in [4.69, 9.17) is 16.3 Å². The Balaban J connectivity index is 1.99. The van der Waals surface area contributed by atoms with Gasteiger partial charge in [-0.25, -0.2) is 0 Å². The summed E-state index contributed by atoms with van der Waals surface area (Å²) < 4.78 is 5.38. The predicted octanol–water partition coefficient (Wildman–Crippen LogP) is 4.68. The molecule has 4 rings (SSSR count). The van der Waals surface area contributed by atoms with Crippen LogP contribution in [-0.4, -0.2) is 28.9 Å². The number of carbonyl (C=O) groups is 2. The molecule has 7 heteroatoms. The number of aryl methyl sites for hydroxylation is 1. The van der Waals surface area contributed by atoms with Crippen molar-refractivity contribution >= 4 is 34.7 Å². The lowest BCUT2D eigenvalue weighted by atomic mass is 9.95. The maximum atomic E-state index is 13.2. The first-order chi connectivity index (χ1) is 14.9. The summed E-state index contributed by atoms with van der Waals surface area (Å²) in [5, 5.41) is 11.7. The van der Waals surface area contributed by atoms with Crippen molar-refractivity contribution in [1.29, 1.82) is 0 Å². The largest absolute Gasteiger partial charge is 0.507 e. The van der Waals surface area contributed by atoms with E-state index in [-0.39, 0.29) is 11.3 Å². The number of carbonyl (C=O) groups excluding carboxylic acids is 2. The van der Waals surface area contributed by atoms with Crippen molar-refractivity contribution in [3.63, 3.8) is 0 Å². The average Bonchev–Trinajstić information content (AvgIpc) is 3.04. The Labute approximate surface area is 184 Å². The van der Waals surface area contributed by atoms with Gasteiger partial charge >= 0.3 is 0 Å². The summed E-state index contributed by atoms with van der Waals surface area (Å²) in [5.41, 5.74) is 2.26. The molecule has 0 radical (unpaired) electrons. The highest BCUT2D eigenvalue weighted by Gasteiger charge is 2.47. The van der Waals surface area contributed by atoms with E-state index in [0.717, 1.165) is 5.56 Å². The minimum absolute atomic E-state index is 0.0277. The second kappa shape index (κ2) is 8.24. The van der Waals surface area contributed by atoms with Crippen LogP contribution in [-0.2, 0) is 9.59 Å². The van der Waals surface area contributed by atoms with E-state index >= 15 is 0 Å². The molecule has 31 heavy (non-hydrogen) atoms. The Morgan fingerprint density at radius 3 is 2.52 bits per heavy atom. The number of pyridine rings is 1. The van der Waals surface area contributed by atoms with Crippen LogP contribution >= 0.6 is 11.6 Å². The SMILES string of the molecule is COc1ccc(C)cc1/C(O)=C1\C(=O)C(=O)N(c2cccc(Cl)c2)C1c1ccncc1. The number of rotatable bonds is 4. The highest BCUT2D eigenvalue weighted by Crippen LogP contribution is 2.43. The fraction of sp³-hybridized carbons (Fsp3) is 0.125. The molecule has 1 unspecified atom stereocenters. The van der Waals surface area contributed by atoms with E-state index < -0.39 is 17.7 Å². The molecule has 1 fully saturated rings. The van der Waals surface area contributed by atoms with Gasteiger partial charge in [-0.05, 0) is 55.0 Å². The van der Waals surface area contributed by atoms with E-state index in [1.807, 2.05) is 13.0 Å². The number of ether oxygens (including phenoxy) is 1. The van der Waals surface area contributed by atoms with Gasteiger partial charge in [-0.1, -0.05) is 29.3 Å². The zero-order valence-electron chi connectivity index (χ0n) is 16.9. The van der Waals surface area contributed by atoms with E-state index in [2.05, 4.69) is 4.98 Å². The molecule has 1 N–H and O–H groups in total. The van der Waals surface area contributed by atoms with Gasteiger partial charge in [-0.15, -0.1) is 0 Å². The zero-order valence-corrected chi connectivity index (χ0v) is 17.6. The molecule has 0 aliphatic carbocycles. The van der Waals surface area contributed by atoms with Gasteiger partial charge in [0.15, 0.2) is 0 Å². The number of aliphatic hydroxyl groups excluding tert-OH is 1. The van der Waals surface area contributed by atoms with E-state index in [1.165, 1.54) is 12.0 Å². The van der Waals surface area contributed by atoms with Crippen molar-refractivity contribution in [1.82, 2.24) is 4.98 Å². The quantitative estimate of drug-likeness (QED) is 0.366. The molecule has 1 aliphatic rings. The van der Waals surface area contributed by atoms with Crippen molar-refractivity contribution in [2.24, 2.45) is 0 Å². The number of anilines is 1. The molecule has 2 aromatic carbocycles. The van der Waals surface area contributed by atoms with Gasteiger partial charge in [0, 0.05) is 23.1 Å². The summed E-state index contributed by atoms with van der Waals surface area (Å²) in [6.45, 7) is 1.86. The van der Waals surface area contributed by atoms with Gasteiger partial charge in [0.25, 0.3) is 11.7 Å². The second-order valence-electron chi connectivity index (χ2n) is 7.13. The van der Waals surface area contributed by atoms with Crippen LogP contribution in [0.2, 0.25) is 5.02 Å². The minimum atomic E-state index is -0.855. The number of nitrogens with zero attached hydrogens (tertiary/aromatic N) is 2. The second-order valence-corrected chi connectivity index (χ2v) is 7.57. The van der Waals surface area contributed by atoms with E-state index in [0.29, 0.717) is 27.6 Å². The van der Waals surface area contributed by atoms with E-state index in [9.17, 15) is 14.7 Å². The Bertz CT molecular complexity index is 1210. The minimum Gasteiger partial charge on any atom is -0.507 e. The molecule has 0 bridgehead atoms. The predicted molar refractivity (Wildman–Crippen MR) is 118 cm³/mol. The molecular formula is C24H19ClN2O4. The smallest absolute Gasteiger partial charge is 0.300 e. The van der Waals surface area contributed by atoms with Crippen molar-refractivity contribution in [3.8, 4) is 5.75 Å². The van der Waals surface area contributed by atoms with Crippen LogP contribution in [0.3, 0.4) is 0 Å². The lowest BCUT2D eigenvalue weighted by molar-refractivity contribution is -0.132. The van der Waals surface area contributed by atoms with Crippen LogP contribution in [0.1, 0.15) is 22.7 Å². The zero-order chi connectivity index (χ0) is 22.1. The molecule has 1 aromatic heterocycles. The van der Waals surface area contributed by atoms with Crippen LogP contribution in [0.25, 0.3) is 5.76 Å². The van der Waals surface area contributed by atoms with E-state index in [1.54, 1.807) is 60.9 Å². The van der Waals surface area contributed by atoms with Gasteiger partial charge in [0.2, 0.25) is 0 Å². The number of amides is 1. The molecular weight excluding hydrogens is 416 g/mol. The highest BCUT2D eigenvalue weighted by molar-refractivity contribution is 6.51. The number of hydrogen-bond donors (Lipinski definition) is 1. The first-order valence-electron chi connectivity index (χ1n) is 9.54. The number of aromatic nitrogens is 1. The molecule has 2 heterocycles. The standard InChI is InChI=1S/C24H19ClN2O4/c1-14-6-7-19(31-2)18(12-14)22(28)20-21(15-8-10-26-11-9-15)27(24(30)23(20)29)17-5-3-4-16(25)13-17/h3-13,21,28H,1-2H3/b22-20+. The number of Topliss-reactive ketones (excluding diaryl/α,β-unsaturated/α-hetero) is 1. The van der Waals surface area contributed by atoms with Crippen LogP contribution in [0.5, 0.6) is 5.75 Å². The third kappa shape index (κ3) is 3.66. The summed E-state index contributed by atoms with van der Waals surface area (Å²) >= 11 is 6.14. The molecule has 6 nitrogen and oxygen atoms in total. The van der Waals surface area contributed by atoms with Crippen molar-refractivity contribution < 1.29 is 19.4 Å². The summed E-state index contributed by atoms with van der Waals surface area (Å²) in [5.74, 6) is -1.45. The van der Waals surface area contributed by atoms with Crippen LogP contribution in [0.4, 0.5) is 5.69 Å². The number of halogens is 1. The van der Waals surface area contributed by atoms with Gasteiger partial charge in [-0.3, -0.25) is 19.5 Å². The first-order valence-corrected chi connectivity index (χ1v) is 9.91. The van der Waals surface area contributed by atoms with Crippen molar-refractivity contribution in [2.75, 3.05) is 12.0 Å². The third-order valence-electron chi connectivity index (χ3n) is 5.16. The molecule has 156 valence electrons. The molecule has 3 aromatic rings. The molecule has 1 saturated heterocycles. The topological polar surface area (TPSA) is 79.7 Å². The fourth-order valence-corrected chi connectivity index (χ4v) is 3.92. The molecule has 0 spiro atoms. The van der Waals surface area contributed by atoms with Crippen LogP contribution in [0.15, 0.2) is 72.6 Å². The third-order valence-corrected chi connectivity index (χ3v) is 5.40. The van der Waals surface area contributed by atoms with Crippen LogP contribution < -0.4 is 9.64 Å².